The molecule has 0 spiro atoms. The van der Waals surface area contributed by atoms with Gasteiger partial charge in [-0.2, -0.15) is 0 Å². The van der Waals surface area contributed by atoms with Crippen LogP contribution < -0.4 is 4.90 Å². The minimum Gasteiger partial charge on any atom is -0.290 e. The molecule has 0 atom stereocenters. The van der Waals surface area contributed by atoms with Gasteiger partial charge in [-0.25, -0.2) is 4.98 Å². The van der Waals surface area contributed by atoms with Gasteiger partial charge in [0.1, 0.15) is 5.82 Å². The Labute approximate surface area is 152 Å². The van der Waals surface area contributed by atoms with Gasteiger partial charge in [-0.15, -0.1) is 0 Å². The van der Waals surface area contributed by atoms with Crippen molar-refractivity contribution in [2.45, 2.75) is 38.1 Å². The van der Waals surface area contributed by atoms with E-state index in [0.29, 0.717) is 5.82 Å². The van der Waals surface area contributed by atoms with Gasteiger partial charge in [0, 0.05) is 30.4 Å². The summed E-state index contributed by atoms with van der Waals surface area (Å²) in [7, 11) is 0. The number of carbonyl (C=O) groups is 1. The SMILES string of the molecule is O=C(/C=C/c1ccc([N+](=O)[O-])cc1)N(c1ccccn1)C1CCCCC1. The predicted octanol–water partition coefficient (Wildman–Crippen LogP) is 4.37. The molecule has 1 aliphatic carbocycles. The lowest BCUT2D eigenvalue weighted by atomic mass is 9.94. The molecular weight excluding hydrogens is 330 g/mol. The van der Waals surface area contributed by atoms with Gasteiger partial charge in [0.25, 0.3) is 11.6 Å². The van der Waals surface area contributed by atoms with E-state index in [1.807, 2.05) is 18.2 Å². The highest BCUT2D eigenvalue weighted by Crippen LogP contribution is 2.26. The van der Waals surface area contributed by atoms with Gasteiger partial charge in [-0.05, 0) is 48.7 Å². The molecule has 3 rings (SSSR count). The minimum absolute atomic E-state index is 0.0331. The quantitative estimate of drug-likeness (QED) is 0.455. The van der Waals surface area contributed by atoms with E-state index in [-0.39, 0.29) is 17.6 Å². The molecule has 1 aliphatic rings. The van der Waals surface area contributed by atoms with Crippen molar-refractivity contribution < 1.29 is 9.72 Å². The fourth-order valence-corrected chi connectivity index (χ4v) is 3.27. The van der Waals surface area contributed by atoms with Crippen LogP contribution in [0.25, 0.3) is 6.08 Å². The molecule has 0 aliphatic heterocycles. The molecule has 1 aromatic heterocycles. The molecule has 1 saturated carbocycles. The summed E-state index contributed by atoms with van der Waals surface area (Å²) in [5.41, 5.74) is 0.777. The molecule has 1 amide bonds. The number of nitro groups is 1. The summed E-state index contributed by atoms with van der Waals surface area (Å²) in [5, 5.41) is 10.7. The summed E-state index contributed by atoms with van der Waals surface area (Å²) in [6.45, 7) is 0. The lowest BCUT2D eigenvalue weighted by Gasteiger charge is -2.32. The number of pyridine rings is 1. The molecule has 1 aromatic carbocycles. The van der Waals surface area contributed by atoms with Crippen molar-refractivity contribution in [1.82, 2.24) is 4.98 Å². The van der Waals surface area contributed by atoms with E-state index >= 15 is 0 Å². The Kier molecular flexibility index (Phi) is 5.73. The van der Waals surface area contributed by atoms with Gasteiger partial charge >= 0.3 is 0 Å². The Bertz CT molecular complexity index is 782. The number of amides is 1. The Morgan fingerprint density at radius 2 is 1.85 bits per heavy atom. The van der Waals surface area contributed by atoms with Crippen LogP contribution in [-0.2, 0) is 4.79 Å². The van der Waals surface area contributed by atoms with Gasteiger partial charge in [0.05, 0.1) is 4.92 Å². The number of nitrogens with zero attached hydrogens (tertiary/aromatic N) is 3. The number of nitro benzene ring substituents is 1. The summed E-state index contributed by atoms with van der Waals surface area (Å²) in [6, 6.07) is 11.9. The van der Waals surface area contributed by atoms with E-state index in [2.05, 4.69) is 4.98 Å². The molecule has 6 heteroatoms. The van der Waals surface area contributed by atoms with Gasteiger partial charge in [0.15, 0.2) is 0 Å². The standard InChI is InChI=1S/C20H21N3O3/c24-20(14-11-16-9-12-18(13-10-16)23(25)26)22(17-6-2-1-3-7-17)19-8-4-5-15-21-19/h4-5,8-15,17H,1-3,6-7H2/b14-11+. The second-order valence-corrected chi connectivity index (χ2v) is 6.37. The zero-order valence-corrected chi connectivity index (χ0v) is 14.5. The first kappa shape index (κ1) is 17.8. The highest BCUT2D eigenvalue weighted by Gasteiger charge is 2.26. The molecule has 26 heavy (non-hydrogen) atoms. The van der Waals surface area contributed by atoms with E-state index < -0.39 is 4.92 Å². The highest BCUT2D eigenvalue weighted by atomic mass is 16.6. The van der Waals surface area contributed by atoms with Crippen molar-refractivity contribution in [2.24, 2.45) is 0 Å². The molecule has 0 radical (unpaired) electrons. The first-order valence-electron chi connectivity index (χ1n) is 8.82. The molecular formula is C20H21N3O3. The molecule has 1 fully saturated rings. The number of rotatable bonds is 5. The first-order chi connectivity index (χ1) is 12.6. The third kappa shape index (κ3) is 4.33. The van der Waals surface area contributed by atoms with Crippen LogP contribution in [0.1, 0.15) is 37.7 Å². The van der Waals surface area contributed by atoms with Crippen LogP contribution in [-0.4, -0.2) is 21.9 Å². The zero-order chi connectivity index (χ0) is 18.4. The molecule has 1 heterocycles. The zero-order valence-electron chi connectivity index (χ0n) is 14.5. The van der Waals surface area contributed by atoms with Crippen molar-refractivity contribution in [3.05, 3.63) is 70.4 Å². The van der Waals surface area contributed by atoms with Crippen LogP contribution in [0, 0.1) is 10.1 Å². The molecule has 0 bridgehead atoms. The maximum absolute atomic E-state index is 12.9. The maximum atomic E-state index is 12.9. The maximum Gasteiger partial charge on any atom is 0.269 e. The molecule has 0 saturated heterocycles. The normalized spacial score (nSPS) is 15.1. The summed E-state index contributed by atoms with van der Waals surface area (Å²) >= 11 is 0. The lowest BCUT2D eigenvalue weighted by Crippen LogP contribution is -2.41. The van der Waals surface area contributed by atoms with E-state index in [1.165, 1.54) is 24.6 Å². The van der Waals surface area contributed by atoms with Crippen molar-refractivity contribution in [3.8, 4) is 0 Å². The fraction of sp³-hybridized carbons (Fsp3) is 0.300. The molecule has 2 aromatic rings. The number of anilines is 1. The van der Waals surface area contributed by atoms with Gasteiger partial charge < -0.3 is 0 Å². The van der Waals surface area contributed by atoms with E-state index in [9.17, 15) is 14.9 Å². The van der Waals surface area contributed by atoms with Gasteiger partial charge in [-0.3, -0.25) is 19.8 Å². The van der Waals surface area contributed by atoms with Crippen molar-refractivity contribution in [3.63, 3.8) is 0 Å². The number of non-ortho nitro benzene ring substituents is 1. The summed E-state index contributed by atoms with van der Waals surface area (Å²) in [6.07, 6.45) is 10.3. The van der Waals surface area contributed by atoms with Crippen LogP contribution in [0.3, 0.4) is 0 Å². The third-order valence-electron chi connectivity index (χ3n) is 4.60. The van der Waals surface area contributed by atoms with Gasteiger partial charge in [0.2, 0.25) is 0 Å². The van der Waals surface area contributed by atoms with E-state index in [0.717, 1.165) is 31.2 Å². The summed E-state index contributed by atoms with van der Waals surface area (Å²) in [5.74, 6) is 0.548. The van der Waals surface area contributed by atoms with Gasteiger partial charge in [-0.1, -0.05) is 25.3 Å². The largest absolute Gasteiger partial charge is 0.290 e. The first-order valence-corrected chi connectivity index (χ1v) is 8.82. The monoisotopic (exact) mass is 351 g/mol. The van der Waals surface area contributed by atoms with Crippen molar-refractivity contribution >= 4 is 23.5 Å². The van der Waals surface area contributed by atoms with Crippen LogP contribution in [0.2, 0.25) is 0 Å². The van der Waals surface area contributed by atoms with Crippen LogP contribution in [0.5, 0.6) is 0 Å². The number of carbonyl (C=O) groups excluding carboxylic acids is 1. The summed E-state index contributed by atoms with van der Waals surface area (Å²) in [4.78, 5) is 29.3. The van der Waals surface area contributed by atoms with Crippen LogP contribution >= 0.6 is 0 Å². The Balaban J connectivity index is 1.79. The topological polar surface area (TPSA) is 76.3 Å². The number of aromatic nitrogens is 1. The van der Waals surface area contributed by atoms with Crippen LogP contribution in [0.4, 0.5) is 11.5 Å². The Morgan fingerprint density at radius 3 is 2.46 bits per heavy atom. The average Bonchev–Trinajstić information content (AvgIpc) is 2.68. The minimum atomic E-state index is -0.440. The second-order valence-electron chi connectivity index (χ2n) is 6.37. The van der Waals surface area contributed by atoms with E-state index in [1.54, 1.807) is 29.3 Å². The number of benzene rings is 1. The molecule has 0 N–H and O–H groups in total. The lowest BCUT2D eigenvalue weighted by molar-refractivity contribution is -0.384. The molecule has 0 unspecified atom stereocenters. The Morgan fingerprint density at radius 1 is 1.12 bits per heavy atom. The predicted molar refractivity (Wildman–Crippen MR) is 101 cm³/mol. The molecule has 134 valence electrons. The Hall–Kier alpha value is -3.02. The van der Waals surface area contributed by atoms with E-state index in [4.69, 9.17) is 0 Å². The number of hydrogen-bond acceptors (Lipinski definition) is 4. The fourth-order valence-electron chi connectivity index (χ4n) is 3.27. The highest BCUT2D eigenvalue weighted by molar-refractivity contribution is 6.03. The average molecular weight is 351 g/mol. The second kappa shape index (κ2) is 8.38. The van der Waals surface area contributed by atoms with Crippen LogP contribution in [0.15, 0.2) is 54.7 Å². The van der Waals surface area contributed by atoms with Crippen molar-refractivity contribution in [1.29, 1.82) is 0 Å². The summed E-state index contributed by atoms with van der Waals surface area (Å²) < 4.78 is 0. The smallest absolute Gasteiger partial charge is 0.269 e. The van der Waals surface area contributed by atoms with Crippen molar-refractivity contribution in [2.75, 3.05) is 4.90 Å². The third-order valence-corrected chi connectivity index (χ3v) is 4.60. The molecule has 6 nitrogen and oxygen atoms in total. The number of hydrogen-bond donors (Lipinski definition) is 0.